The number of aryl methyl sites for hydroxylation is 1. The monoisotopic (exact) mass is 264 g/mol. The summed E-state index contributed by atoms with van der Waals surface area (Å²) in [4.78, 5) is 20.0. The fourth-order valence-electron chi connectivity index (χ4n) is 2.56. The summed E-state index contributed by atoms with van der Waals surface area (Å²) >= 11 is 0. The van der Waals surface area contributed by atoms with Crippen molar-refractivity contribution in [1.82, 2.24) is 9.97 Å². The summed E-state index contributed by atoms with van der Waals surface area (Å²) in [7, 11) is 1.61. The van der Waals surface area contributed by atoms with Gasteiger partial charge in [0.05, 0.1) is 5.92 Å². The van der Waals surface area contributed by atoms with Gasteiger partial charge in [-0.2, -0.15) is 0 Å². The van der Waals surface area contributed by atoms with Gasteiger partial charge >= 0.3 is 0 Å². The number of carbonyl (C=O) groups is 1. The third-order valence-corrected chi connectivity index (χ3v) is 3.39. The van der Waals surface area contributed by atoms with E-state index in [-0.39, 0.29) is 17.9 Å². The highest BCUT2D eigenvalue weighted by atomic mass is 16.5. The van der Waals surface area contributed by atoms with Gasteiger partial charge in [-0.1, -0.05) is 6.42 Å². The predicted octanol–water partition coefficient (Wildman–Crippen LogP) is 0.997. The van der Waals surface area contributed by atoms with Gasteiger partial charge in [0.2, 0.25) is 5.91 Å². The fourth-order valence-corrected chi connectivity index (χ4v) is 2.56. The van der Waals surface area contributed by atoms with Crippen LogP contribution in [0.5, 0.6) is 0 Å². The van der Waals surface area contributed by atoms with E-state index in [1.807, 2.05) is 13.0 Å². The third-order valence-electron chi connectivity index (χ3n) is 3.39. The highest BCUT2D eigenvalue weighted by Gasteiger charge is 2.31. The van der Waals surface area contributed by atoms with Gasteiger partial charge in [-0.3, -0.25) is 4.79 Å². The molecule has 0 unspecified atom stereocenters. The highest BCUT2D eigenvalue weighted by molar-refractivity contribution is 5.78. The number of carbonyl (C=O) groups excluding carboxylic acids is 1. The summed E-state index contributed by atoms with van der Waals surface area (Å²) in [5, 5.41) is 3.30. The Balaban J connectivity index is 2.12. The van der Waals surface area contributed by atoms with Crippen molar-refractivity contribution in [3.05, 3.63) is 17.6 Å². The number of anilines is 1. The van der Waals surface area contributed by atoms with Crippen LogP contribution in [0.4, 0.5) is 5.82 Å². The van der Waals surface area contributed by atoms with Gasteiger partial charge < -0.3 is 15.8 Å². The van der Waals surface area contributed by atoms with Crippen molar-refractivity contribution in [3.8, 4) is 0 Å². The number of hydrogen-bond acceptors (Lipinski definition) is 5. The van der Waals surface area contributed by atoms with E-state index in [1.165, 1.54) is 0 Å². The number of methoxy groups -OCH3 is 1. The van der Waals surface area contributed by atoms with E-state index in [4.69, 9.17) is 10.5 Å². The lowest BCUT2D eigenvalue weighted by molar-refractivity contribution is -0.121. The molecule has 1 aliphatic carbocycles. The second kappa shape index (κ2) is 5.97. The van der Waals surface area contributed by atoms with E-state index in [0.29, 0.717) is 12.4 Å². The Hall–Kier alpha value is -1.69. The van der Waals surface area contributed by atoms with Gasteiger partial charge in [0.25, 0.3) is 0 Å². The van der Waals surface area contributed by atoms with Crippen molar-refractivity contribution in [2.45, 2.75) is 38.8 Å². The Morgan fingerprint density at radius 3 is 3.00 bits per heavy atom. The molecule has 1 fully saturated rings. The Kier molecular flexibility index (Phi) is 4.31. The molecular weight excluding hydrogens is 244 g/mol. The number of ether oxygens (including phenoxy) is 1. The number of primary amides is 1. The molecule has 0 bridgehead atoms. The summed E-state index contributed by atoms with van der Waals surface area (Å²) < 4.78 is 5.04. The topological polar surface area (TPSA) is 90.1 Å². The number of rotatable bonds is 5. The van der Waals surface area contributed by atoms with Crippen molar-refractivity contribution >= 4 is 11.7 Å². The van der Waals surface area contributed by atoms with Crippen LogP contribution in [0.25, 0.3) is 0 Å². The van der Waals surface area contributed by atoms with Gasteiger partial charge in [0, 0.05) is 24.9 Å². The maximum atomic E-state index is 11.4. The van der Waals surface area contributed by atoms with Crippen LogP contribution < -0.4 is 11.1 Å². The minimum Gasteiger partial charge on any atom is -0.377 e. The van der Waals surface area contributed by atoms with Gasteiger partial charge in [0.1, 0.15) is 12.4 Å². The molecule has 2 atom stereocenters. The van der Waals surface area contributed by atoms with E-state index in [2.05, 4.69) is 15.3 Å². The third kappa shape index (κ3) is 3.41. The average Bonchev–Trinajstić information content (AvgIpc) is 2.76. The van der Waals surface area contributed by atoms with Crippen LogP contribution in [0.1, 0.15) is 30.8 Å². The SMILES string of the molecule is COCc1nc(C)cc(N[C@H]2CCC[C@@H]2C(N)=O)n1. The molecule has 104 valence electrons. The number of amides is 1. The van der Waals surface area contributed by atoms with Crippen molar-refractivity contribution < 1.29 is 9.53 Å². The first-order chi connectivity index (χ1) is 9.10. The number of aromatic nitrogens is 2. The first-order valence-corrected chi connectivity index (χ1v) is 6.49. The van der Waals surface area contributed by atoms with Crippen molar-refractivity contribution in [1.29, 1.82) is 0 Å². The Morgan fingerprint density at radius 1 is 1.53 bits per heavy atom. The average molecular weight is 264 g/mol. The molecule has 19 heavy (non-hydrogen) atoms. The van der Waals surface area contributed by atoms with Crippen LogP contribution >= 0.6 is 0 Å². The molecule has 1 aromatic rings. The molecule has 2 rings (SSSR count). The Bertz CT molecular complexity index is 464. The number of nitrogens with two attached hydrogens (primary N) is 1. The molecular formula is C13H20N4O2. The lowest BCUT2D eigenvalue weighted by atomic mass is 10.0. The molecule has 0 radical (unpaired) electrons. The first kappa shape index (κ1) is 13.7. The second-order valence-electron chi connectivity index (χ2n) is 4.93. The number of hydrogen-bond donors (Lipinski definition) is 2. The largest absolute Gasteiger partial charge is 0.377 e. The quantitative estimate of drug-likeness (QED) is 0.828. The van der Waals surface area contributed by atoms with Crippen LogP contribution in [0, 0.1) is 12.8 Å². The zero-order valence-electron chi connectivity index (χ0n) is 11.3. The Morgan fingerprint density at radius 2 is 2.32 bits per heavy atom. The van der Waals surface area contributed by atoms with Crippen molar-refractivity contribution in [2.75, 3.05) is 12.4 Å². The normalized spacial score (nSPS) is 22.4. The molecule has 6 nitrogen and oxygen atoms in total. The molecule has 1 saturated carbocycles. The van der Waals surface area contributed by atoms with Gasteiger partial charge in [-0.25, -0.2) is 9.97 Å². The lowest BCUT2D eigenvalue weighted by Crippen LogP contribution is -2.34. The first-order valence-electron chi connectivity index (χ1n) is 6.49. The lowest BCUT2D eigenvalue weighted by Gasteiger charge is -2.19. The maximum absolute atomic E-state index is 11.4. The molecule has 3 N–H and O–H groups in total. The van der Waals surface area contributed by atoms with Gasteiger partial charge in [-0.15, -0.1) is 0 Å². The van der Waals surface area contributed by atoms with Crippen LogP contribution in [0.3, 0.4) is 0 Å². The summed E-state index contributed by atoms with van der Waals surface area (Å²) in [6.45, 7) is 2.28. The van der Waals surface area contributed by atoms with Crippen LogP contribution in [-0.4, -0.2) is 29.0 Å². The molecule has 0 spiro atoms. The minimum absolute atomic E-state index is 0.0715. The van der Waals surface area contributed by atoms with Crippen molar-refractivity contribution in [2.24, 2.45) is 11.7 Å². The van der Waals surface area contributed by atoms with Crippen LogP contribution in [-0.2, 0) is 16.1 Å². The summed E-state index contributed by atoms with van der Waals surface area (Å²) in [6, 6.07) is 1.94. The smallest absolute Gasteiger partial charge is 0.222 e. The van der Waals surface area contributed by atoms with E-state index in [9.17, 15) is 4.79 Å². The van der Waals surface area contributed by atoms with Crippen LogP contribution in [0.15, 0.2) is 6.07 Å². The maximum Gasteiger partial charge on any atom is 0.222 e. The summed E-state index contributed by atoms with van der Waals surface area (Å²) in [5.74, 6) is 1.02. The second-order valence-corrected chi connectivity index (χ2v) is 4.93. The van der Waals surface area contributed by atoms with E-state index in [0.717, 1.165) is 30.8 Å². The molecule has 6 heteroatoms. The van der Waals surface area contributed by atoms with E-state index in [1.54, 1.807) is 7.11 Å². The number of nitrogens with zero attached hydrogens (tertiary/aromatic N) is 2. The molecule has 0 aliphatic heterocycles. The standard InChI is InChI=1S/C13H20N4O2/c1-8-6-11(17-12(15-8)7-19-2)16-10-5-3-4-9(10)13(14)18/h6,9-10H,3-5,7H2,1-2H3,(H2,14,18)(H,15,16,17)/t9-,10-/m0/s1. The van der Waals surface area contributed by atoms with Gasteiger partial charge in [-0.05, 0) is 19.8 Å². The predicted molar refractivity (Wildman–Crippen MR) is 71.4 cm³/mol. The Labute approximate surface area is 112 Å². The fraction of sp³-hybridized carbons (Fsp3) is 0.615. The zero-order chi connectivity index (χ0) is 13.8. The molecule has 1 amide bonds. The van der Waals surface area contributed by atoms with E-state index >= 15 is 0 Å². The summed E-state index contributed by atoms with van der Waals surface area (Å²) in [5.41, 5.74) is 6.29. The molecule has 1 aliphatic rings. The molecule has 0 saturated heterocycles. The zero-order valence-corrected chi connectivity index (χ0v) is 11.3. The molecule has 1 aromatic heterocycles. The van der Waals surface area contributed by atoms with Gasteiger partial charge in [0.15, 0.2) is 5.82 Å². The number of nitrogens with one attached hydrogen (secondary N) is 1. The minimum atomic E-state index is -0.238. The highest BCUT2D eigenvalue weighted by Crippen LogP contribution is 2.28. The van der Waals surface area contributed by atoms with E-state index < -0.39 is 0 Å². The van der Waals surface area contributed by atoms with Crippen LogP contribution in [0.2, 0.25) is 0 Å². The molecule has 0 aromatic carbocycles. The summed E-state index contributed by atoms with van der Waals surface area (Å²) in [6.07, 6.45) is 2.80. The van der Waals surface area contributed by atoms with Crippen molar-refractivity contribution in [3.63, 3.8) is 0 Å². The molecule has 1 heterocycles.